The number of hydrogen-bond acceptors (Lipinski definition) is 10. The van der Waals surface area contributed by atoms with Crippen molar-refractivity contribution < 1.29 is 14.4 Å². The van der Waals surface area contributed by atoms with Crippen LogP contribution in [0, 0.1) is 12.8 Å². The van der Waals surface area contributed by atoms with Gasteiger partial charge in [0.05, 0.1) is 17.6 Å². The maximum Gasteiger partial charge on any atom is 0.329 e. The van der Waals surface area contributed by atoms with Crippen molar-refractivity contribution in [3.05, 3.63) is 85.6 Å². The number of halogens is 1. The number of para-hydroxylation sites is 1. The van der Waals surface area contributed by atoms with Crippen LogP contribution in [0.15, 0.2) is 58.3 Å². The molecule has 5 fully saturated rings. The van der Waals surface area contributed by atoms with Crippen molar-refractivity contribution in [2.75, 3.05) is 49.5 Å². The molecule has 3 aromatic heterocycles. The summed E-state index contributed by atoms with van der Waals surface area (Å²) in [6.45, 7) is 7.04. The van der Waals surface area contributed by atoms with E-state index in [-0.39, 0.29) is 40.5 Å². The number of likely N-dealkylation sites (tertiary alicyclic amines) is 1. The second-order valence-corrected chi connectivity index (χ2v) is 19.3. The highest BCUT2D eigenvalue weighted by molar-refractivity contribution is 6.31. The van der Waals surface area contributed by atoms with Gasteiger partial charge in [0.1, 0.15) is 16.7 Å². The van der Waals surface area contributed by atoms with Crippen molar-refractivity contribution in [2.24, 2.45) is 13.0 Å². The monoisotopic (exact) mass is 888 g/mol. The third-order valence-electron chi connectivity index (χ3n) is 15.0. The largest absolute Gasteiger partial charge is 0.329 e. The number of carbonyl (C=O) groups excluding carboxylic acids is 3. The minimum atomic E-state index is -0.685. The van der Waals surface area contributed by atoms with Crippen LogP contribution in [0.4, 0.5) is 17.3 Å². The Morgan fingerprint density at radius 1 is 0.844 bits per heavy atom. The Balaban J connectivity index is 0.711. The summed E-state index contributed by atoms with van der Waals surface area (Å²) in [7, 11) is 1.79. The van der Waals surface area contributed by atoms with Gasteiger partial charge in [-0.25, -0.2) is 9.78 Å². The van der Waals surface area contributed by atoms with E-state index in [0.717, 1.165) is 129 Å². The third-order valence-corrected chi connectivity index (χ3v) is 15.2. The average molecular weight is 890 g/mol. The maximum absolute atomic E-state index is 13.7. The molecule has 15 nitrogen and oxygen atoms in total. The molecular weight excluding hydrogens is 832 g/mol. The van der Waals surface area contributed by atoms with E-state index in [0.29, 0.717) is 49.0 Å². The minimum absolute atomic E-state index is 0.0820. The lowest BCUT2D eigenvalue weighted by Crippen LogP contribution is -2.54. The van der Waals surface area contributed by atoms with E-state index in [1.807, 2.05) is 42.2 Å². The Morgan fingerprint density at radius 3 is 2.36 bits per heavy atom. The Bertz CT molecular complexity index is 2760. The molecule has 10 rings (SSSR count). The van der Waals surface area contributed by atoms with Gasteiger partial charge in [0.2, 0.25) is 23.7 Å². The van der Waals surface area contributed by atoms with E-state index in [2.05, 4.69) is 31.5 Å². The zero-order chi connectivity index (χ0) is 44.2. The molecule has 0 radical (unpaired) electrons. The van der Waals surface area contributed by atoms with E-state index in [4.69, 9.17) is 16.6 Å². The molecule has 16 heteroatoms. The van der Waals surface area contributed by atoms with Gasteiger partial charge < -0.3 is 15.1 Å². The van der Waals surface area contributed by atoms with Crippen molar-refractivity contribution in [3.63, 3.8) is 0 Å². The lowest BCUT2D eigenvalue weighted by molar-refractivity contribution is -0.135. The normalized spacial score (nSPS) is 23.4. The van der Waals surface area contributed by atoms with Gasteiger partial charge in [0, 0.05) is 68.1 Å². The number of piperazine rings is 1. The summed E-state index contributed by atoms with van der Waals surface area (Å²) in [4.78, 5) is 81.1. The van der Waals surface area contributed by atoms with E-state index in [1.165, 1.54) is 0 Å². The van der Waals surface area contributed by atoms with Gasteiger partial charge in [-0.1, -0.05) is 36.6 Å². The summed E-state index contributed by atoms with van der Waals surface area (Å²) in [5, 5.41) is 6.68. The Morgan fingerprint density at radius 2 is 1.62 bits per heavy atom. The van der Waals surface area contributed by atoms with Gasteiger partial charge in [-0.05, 0) is 131 Å². The number of aromatic nitrogens is 5. The van der Waals surface area contributed by atoms with Crippen LogP contribution in [0.1, 0.15) is 106 Å². The molecule has 3 aliphatic heterocycles. The first kappa shape index (κ1) is 42.6. The quantitative estimate of drug-likeness (QED) is 0.160. The van der Waals surface area contributed by atoms with Crippen LogP contribution in [0.2, 0.25) is 5.02 Å². The van der Waals surface area contributed by atoms with Gasteiger partial charge >= 0.3 is 5.69 Å². The second kappa shape index (κ2) is 17.5. The minimum Gasteiger partial charge on any atom is -0.324 e. The van der Waals surface area contributed by atoms with Crippen LogP contribution < -0.4 is 26.8 Å². The molecule has 5 aromatic rings. The summed E-state index contributed by atoms with van der Waals surface area (Å²) in [6.07, 6.45) is 12.8. The van der Waals surface area contributed by atoms with Crippen LogP contribution in [0.3, 0.4) is 0 Å². The number of nitrogens with one attached hydrogen (secondary N) is 2. The summed E-state index contributed by atoms with van der Waals surface area (Å²) in [5.74, 6) is 0.795. The predicted molar refractivity (Wildman–Crippen MR) is 247 cm³/mol. The van der Waals surface area contributed by atoms with Crippen molar-refractivity contribution in [1.82, 2.24) is 38.8 Å². The fourth-order valence-corrected chi connectivity index (χ4v) is 11.7. The van der Waals surface area contributed by atoms with Gasteiger partial charge in [-0.2, -0.15) is 4.98 Å². The molecule has 0 bridgehead atoms. The van der Waals surface area contributed by atoms with Gasteiger partial charge in [0.15, 0.2) is 0 Å². The number of aryl methyl sites for hydroxylation is 2. The van der Waals surface area contributed by atoms with E-state index in [1.54, 1.807) is 33.0 Å². The summed E-state index contributed by atoms with van der Waals surface area (Å²) in [5.41, 5.74) is 5.66. The molecule has 3 saturated heterocycles. The number of anilines is 3. The van der Waals surface area contributed by atoms with Crippen molar-refractivity contribution >= 4 is 68.7 Å². The standard InChI is InChI=1S/C48H57ClN10O5/c1-29-24-35(14-15-38(29)51-47-50-26-32-25-37(49)46(63)58(44(32)53-47)34-6-3-4-7-34)57-23-22-56(28-42(57)61)33-12-10-30(11-13-33)27-55-20-18-31(19-21-55)36-8-5-9-39-43(36)54(2)48(64)59(39)40-16-17-41(60)52-45(40)62/h5,8-9,14-15,24-26,30-31,33-34,40H,3-4,6-7,10-13,16-23,27-28H2,1-2H3,(H,50,51,53)(H,52,60,62). The first-order chi connectivity index (χ1) is 31.0. The number of fused-ring (bicyclic) bond motifs is 2. The number of imidazole rings is 1. The zero-order valence-electron chi connectivity index (χ0n) is 36.7. The molecule has 2 aromatic carbocycles. The van der Waals surface area contributed by atoms with Crippen molar-refractivity contribution in [2.45, 2.75) is 108 Å². The summed E-state index contributed by atoms with van der Waals surface area (Å²) < 4.78 is 5.02. The number of hydrogen-bond donors (Lipinski definition) is 2. The Hall–Kier alpha value is -5.38. The number of pyridine rings is 1. The fourth-order valence-electron chi connectivity index (χ4n) is 11.5. The smallest absolute Gasteiger partial charge is 0.324 e. The average Bonchev–Trinajstić information content (AvgIpc) is 3.91. The number of piperidine rings is 2. The lowest BCUT2D eigenvalue weighted by atomic mass is 9.83. The molecule has 3 amide bonds. The highest BCUT2D eigenvalue weighted by Gasteiger charge is 2.35. The highest BCUT2D eigenvalue weighted by Crippen LogP contribution is 2.37. The molecule has 2 N–H and O–H groups in total. The SMILES string of the molecule is Cc1cc(N2CCN(C3CCC(CN4CCC(c5cccc6c5n(C)c(=O)n6C5CCC(=O)NC5=O)CC4)CC3)CC2=O)ccc1Nc1ncc2cc(Cl)c(=O)n(C3CCCC3)c2n1. The van der Waals surface area contributed by atoms with Crippen molar-refractivity contribution in [3.8, 4) is 0 Å². The second-order valence-electron chi connectivity index (χ2n) is 18.9. The lowest BCUT2D eigenvalue weighted by Gasteiger charge is -2.42. The summed E-state index contributed by atoms with van der Waals surface area (Å²) in [6, 6.07) is 13.5. The molecule has 6 heterocycles. The molecule has 5 aliphatic rings. The van der Waals surface area contributed by atoms with E-state index in [9.17, 15) is 24.0 Å². The number of benzene rings is 2. The van der Waals surface area contributed by atoms with Crippen LogP contribution >= 0.6 is 11.6 Å². The number of amides is 3. The van der Waals surface area contributed by atoms with Gasteiger partial charge in [-0.15, -0.1) is 0 Å². The van der Waals surface area contributed by atoms with Gasteiger partial charge in [-0.3, -0.25) is 43.1 Å². The van der Waals surface area contributed by atoms with Crippen LogP contribution in [0.25, 0.3) is 22.1 Å². The number of imide groups is 1. The molecule has 1 atom stereocenters. The zero-order valence-corrected chi connectivity index (χ0v) is 37.5. The molecular formula is C48H57ClN10O5. The molecule has 2 saturated carbocycles. The Kier molecular flexibility index (Phi) is 11.7. The third kappa shape index (κ3) is 8.04. The van der Waals surface area contributed by atoms with Crippen LogP contribution in [-0.2, 0) is 21.4 Å². The fraction of sp³-hybridized carbons (Fsp3) is 0.521. The molecule has 0 spiro atoms. The molecule has 64 heavy (non-hydrogen) atoms. The van der Waals surface area contributed by atoms with Gasteiger partial charge in [0.25, 0.3) is 5.56 Å². The Labute approximate surface area is 376 Å². The molecule has 336 valence electrons. The predicted octanol–water partition coefficient (Wildman–Crippen LogP) is 6.33. The first-order valence-corrected chi connectivity index (χ1v) is 23.6. The number of nitrogens with zero attached hydrogens (tertiary/aromatic N) is 8. The van der Waals surface area contributed by atoms with E-state index < -0.39 is 11.9 Å². The van der Waals surface area contributed by atoms with E-state index >= 15 is 0 Å². The number of rotatable bonds is 9. The first-order valence-electron chi connectivity index (χ1n) is 23.3. The van der Waals surface area contributed by atoms with Crippen molar-refractivity contribution in [1.29, 1.82) is 0 Å². The summed E-state index contributed by atoms with van der Waals surface area (Å²) >= 11 is 6.33. The highest BCUT2D eigenvalue weighted by atomic mass is 35.5. The molecule has 2 aliphatic carbocycles. The molecule has 1 unspecified atom stereocenters. The van der Waals surface area contributed by atoms with Crippen LogP contribution in [0.5, 0.6) is 0 Å². The topological polar surface area (TPSA) is 160 Å². The van der Waals surface area contributed by atoms with Crippen LogP contribution in [-0.4, -0.2) is 96.5 Å². The number of carbonyl (C=O) groups is 3. The maximum atomic E-state index is 13.7.